The van der Waals surface area contributed by atoms with Gasteiger partial charge in [0, 0.05) is 11.8 Å². The lowest BCUT2D eigenvalue weighted by molar-refractivity contribution is -0.385. The highest BCUT2D eigenvalue weighted by molar-refractivity contribution is 9.10. The Bertz CT molecular complexity index is 437. The number of nitro benzene ring substituents is 1. The smallest absolute Gasteiger partial charge is 0.283 e. The average Bonchev–Trinajstić information content (AvgIpc) is 2.26. The van der Waals surface area contributed by atoms with E-state index in [-0.39, 0.29) is 18.1 Å². The van der Waals surface area contributed by atoms with Crippen molar-refractivity contribution in [2.24, 2.45) is 0 Å². The van der Waals surface area contributed by atoms with Crippen LogP contribution in [-0.4, -0.2) is 23.9 Å². The number of hydrogen-bond acceptors (Lipinski definition) is 4. The third kappa shape index (κ3) is 4.12. The van der Waals surface area contributed by atoms with Gasteiger partial charge in [0.25, 0.3) is 5.69 Å². The van der Waals surface area contributed by atoms with Gasteiger partial charge in [-0.15, -0.1) is 0 Å². The number of amides is 1. The fourth-order valence-corrected chi connectivity index (χ4v) is 1.70. The number of nitrogens with one attached hydrogen (secondary N) is 2. The van der Waals surface area contributed by atoms with Gasteiger partial charge in [0.05, 0.1) is 15.9 Å². The summed E-state index contributed by atoms with van der Waals surface area (Å²) in [4.78, 5) is 21.5. The van der Waals surface area contributed by atoms with Crippen LogP contribution < -0.4 is 10.6 Å². The van der Waals surface area contributed by atoms with E-state index in [4.69, 9.17) is 0 Å². The average molecular weight is 302 g/mol. The molecule has 7 heteroatoms. The number of anilines is 1. The maximum Gasteiger partial charge on any atom is 0.283 e. The molecule has 0 aliphatic heterocycles. The highest BCUT2D eigenvalue weighted by Gasteiger charge is 2.12. The summed E-state index contributed by atoms with van der Waals surface area (Å²) >= 11 is 3.08. The molecule has 0 saturated heterocycles. The third-order valence-corrected chi connectivity index (χ3v) is 2.60. The molecule has 17 heavy (non-hydrogen) atoms. The molecule has 0 aliphatic carbocycles. The Labute approximate surface area is 107 Å². The molecule has 0 radical (unpaired) electrons. The molecule has 1 aromatic carbocycles. The second-order valence-electron chi connectivity index (χ2n) is 3.25. The number of rotatable bonds is 5. The predicted molar refractivity (Wildman–Crippen MR) is 68.0 cm³/mol. The van der Waals surface area contributed by atoms with E-state index in [2.05, 4.69) is 26.6 Å². The van der Waals surface area contributed by atoms with E-state index in [1.54, 1.807) is 0 Å². The zero-order valence-electron chi connectivity index (χ0n) is 9.20. The second kappa shape index (κ2) is 6.31. The van der Waals surface area contributed by atoms with Gasteiger partial charge in [-0.1, -0.05) is 6.92 Å². The third-order valence-electron chi connectivity index (χ3n) is 1.96. The van der Waals surface area contributed by atoms with Crippen LogP contribution in [0.4, 0.5) is 11.4 Å². The molecule has 0 aromatic heterocycles. The first-order valence-electron chi connectivity index (χ1n) is 4.99. The number of nitro groups is 1. The monoisotopic (exact) mass is 301 g/mol. The van der Waals surface area contributed by atoms with Gasteiger partial charge in [-0.3, -0.25) is 14.9 Å². The molecule has 0 aliphatic rings. The fourth-order valence-electron chi connectivity index (χ4n) is 1.18. The SMILES string of the molecule is CCNCC(=O)Nc1ccc([N+](=O)[O-])c(Br)c1. The van der Waals surface area contributed by atoms with Crippen molar-refractivity contribution >= 4 is 33.2 Å². The van der Waals surface area contributed by atoms with Gasteiger partial charge in [-0.25, -0.2) is 0 Å². The van der Waals surface area contributed by atoms with Crippen molar-refractivity contribution in [2.45, 2.75) is 6.92 Å². The molecule has 92 valence electrons. The number of carbonyl (C=O) groups excluding carboxylic acids is 1. The Morgan fingerprint density at radius 3 is 2.76 bits per heavy atom. The van der Waals surface area contributed by atoms with E-state index in [0.29, 0.717) is 16.7 Å². The van der Waals surface area contributed by atoms with Gasteiger partial charge >= 0.3 is 0 Å². The van der Waals surface area contributed by atoms with Crippen molar-refractivity contribution in [1.82, 2.24) is 5.32 Å². The number of halogens is 1. The molecule has 1 rings (SSSR count). The molecule has 0 saturated carbocycles. The standard InChI is InChI=1S/C10H12BrN3O3/c1-2-12-6-10(15)13-7-3-4-9(14(16)17)8(11)5-7/h3-5,12H,2,6H2,1H3,(H,13,15). The first-order chi connectivity index (χ1) is 8.04. The maximum absolute atomic E-state index is 11.4. The Morgan fingerprint density at radius 2 is 2.24 bits per heavy atom. The number of benzene rings is 1. The Balaban J connectivity index is 2.70. The highest BCUT2D eigenvalue weighted by atomic mass is 79.9. The second-order valence-corrected chi connectivity index (χ2v) is 4.11. The van der Waals surface area contributed by atoms with Gasteiger partial charge in [0.1, 0.15) is 0 Å². The summed E-state index contributed by atoms with van der Waals surface area (Å²) in [6, 6.07) is 4.33. The summed E-state index contributed by atoms with van der Waals surface area (Å²) < 4.78 is 0.337. The van der Waals surface area contributed by atoms with Crippen LogP contribution in [-0.2, 0) is 4.79 Å². The van der Waals surface area contributed by atoms with Crippen LogP contribution in [0.15, 0.2) is 22.7 Å². The highest BCUT2D eigenvalue weighted by Crippen LogP contribution is 2.27. The number of likely N-dealkylation sites (N-methyl/N-ethyl adjacent to an activating group) is 1. The molecule has 0 bridgehead atoms. The van der Waals surface area contributed by atoms with Crippen molar-refractivity contribution in [1.29, 1.82) is 0 Å². The van der Waals surface area contributed by atoms with Crippen molar-refractivity contribution < 1.29 is 9.72 Å². The fraction of sp³-hybridized carbons (Fsp3) is 0.300. The van der Waals surface area contributed by atoms with Crippen molar-refractivity contribution in [3.05, 3.63) is 32.8 Å². The minimum atomic E-state index is -0.492. The van der Waals surface area contributed by atoms with Gasteiger partial charge < -0.3 is 10.6 Å². The summed E-state index contributed by atoms with van der Waals surface area (Å²) in [6.07, 6.45) is 0. The van der Waals surface area contributed by atoms with E-state index in [0.717, 1.165) is 0 Å². The molecular weight excluding hydrogens is 290 g/mol. The molecular formula is C10H12BrN3O3. The zero-order chi connectivity index (χ0) is 12.8. The normalized spacial score (nSPS) is 10.0. The summed E-state index contributed by atoms with van der Waals surface area (Å²) in [6.45, 7) is 2.82. The molecule has 1 amide bonds. The zero-order valence-corrected chi connectivity index (χ0v) is 10.8. The molecule has 0 fully saturated rings. The lowest BCUT2D eigenvalue weighted by Gasteiger charge is -2.06. The van der Waals surface area contributed by atoms with Gasteiger partial charge in [-0.2, -0.15) is 0 Å². The molecule has 0 spiro atoms. The first kappa shape index (κ1) is 13.6. The van der Waals surface area contributed by atoms with Crippen LogP contribution in [0.3, 0.4) is 0 Å². The number of hydrogen-bond donors (Lipinski definition) is 2. The van der Waals surface area contributed by atoms with Crippen LogP contribution in [0.2, 0.25) is 0 Å². The van der Waals surface area contributed by atoms with E-state index in [1.807, 2.05) is 6.92 Å². The molecule has 2 N–H and O–H groups in total. The summed E-state index contributed by atoms with van der Waals surface area (Å²) in [5.74, 6) is -0.187. The van der Waals surface area contributed by atoms with E-state index in [9.17, 15) is 14.9 Å². The molecule has 0 unspecified atom stereocenters. The van der Waals surface area contributed by atoms with Crippen LogP contribution >= 0.6 is 15.9 Å². The Kier molecular flexibility index (Phi) is 5.05. The maximum atomic E-state index is 11.4. The quantitative estimate of drug-likeness (QED) is 0.643. The van der Waals surface area contributed by atoms with Crippen molar-refractivity contribution in [3.8, 4) is 0 Å². The summed E-state index contributed by atoms with van der Waals surface area (Å²) in [5.41, 5.74) is 0.486. The lowest BCUT2D eigenvalue weighted by Crippen LogP contribution is -2.27. The topological polar surface area (TPSA) is 84.3 Å². The number of nitrogens with zero attached hydrogens (tertiary/aromatic N) is 1. The van der Waals surface area contributed by atoms with Gasteiger partial charge in [-0.05, 0) is 34.6 Å². The minimum absolute atomic E-state index is 0.0327. The summed E-state index contributed by atoms with van der Waals surface area (Å²) in [7, 11) is 0. The van der Waals surface area contributed by atoms with Crippen LogP contribution in [0.25, 0.3) is 0 Å². The van der Waals surface area contributed by atoms with Crippen molar-refractivity contribution in [3.63, 3.8) is 0 Å². The lowest BCUT2D eigenvalue weighted by atomic mass is 10.3. The van der Waals surface area contributed by atoms with Gasteiger partial charge in [0.15, 0.2) is 0 Å². The summed E-state index contributed by atoms with van der Waals surface area (Å²) in [5, 5.41) is 16.1. The van der Waals surface area contributed by atoms with Gasteiger partial charge in [0.2, 0.25) is 5.91 Å². The van der Waals surface area contributed by atoms with Crippen LogP contribution in [0.5, 0.6) is 0 Å². The van der Waals surface area contributed by atoms with Crippen LogP contribution in [0.1, 0.15) is 6.92 Å². The predicted octanol–water partition coefficient (Wildman–Crippen LogP) is 1.91. The largest absolute Gasteiger partial charge is 0.325 e. The Hall–Kier alpha value is -1.47. The van der Waals surface area contributed by atoms with E-state index < -0.39 is 4.92 Å². The molecule has 0 heterocycles. The molecule has 1 aromatic rings. The van der Waals surface area contributed by atoms with E-state index >= 15 is 0 Å². The first-order valence-corrected chi connectivity index (χ1v) is 5.78. The number of carbonyl (C=O) groups is 1. The Morgan fingerprint density at radius 1 is 1.53 bits per heavy atom. The van der Waals surface area contributed by atoms with Crippen molar-refractivity contribution in [2.75, 3.05) is 18.4 Å². The molecule has 0 atom stereocenters. The van der Waals surface area contributed by atoms with Crippen LogP contribution in [0, 0.1) is 10.1 Å². The molecule has 6 nitrogen and oxygen atoms in total. The van der Waals surface area contributed by atoms with E-state index in [1.165, 1.54) is 18.2 Å². The minimum Gasteiger partial charge on any atom is -0.325 e.